The summed E-state index contributed by atoms with van der Waals surface area (Å²) >= 11 is 0. The molecule has 1 N–H and O–H groups in total. The molecule has 2 saturated heterocycles. The number of likely N-dealkylation sites (tertiary alicyclic amines) is 1. The molecule has 21 heavy (non-hydrogen) atoms. The summed E-state index contributed by atoms with van der Waals surface area (Å²) in [7, 11) is 1.88. The van der Waals surface area contributed by atoms with Gasteiger partial charge < -0.3 is 15.1 Å². The van der Waals surface area contributed by atoms with Gasteiger partial charge in [-0.3, -0.25) is 9.59 Å². The molecule has 0 aromatic carbocycles. The summed E-state index contributed by atoms with van der Waals surface area (Å²) in [5.41, 5.74) is 0. The van der Waals surface area contributed by atoms with Crippen molar-refractivity contribution in [1.82, 2.24) is 15.1 Å². The van der Waals surface area contributed by atoms with Crippen molar-refractivity contribution >= 4 is 24.2 Å². The molecule has 0 atom stereocenters. The van der Waals surface area contributed by atoms with Crippen LogP contribution in [0.1, 0.15) is 44.9 Å². The Kier molecular flexibility index (Phi) is 8.04. The molecule has 2 rings (SSSR count). The van der Waals surface area contributed by atoms with Crippen LogP contribution in [-0.4, -0.2) is 60.9 Å². The molecule has 6 heteroatoms. The highest BCUT2D eigenvalue weighted by Crippen LogP contribution is 2.14. The van der Waals surface area contributed by atoms with Crippen LogP contribution in [0.5, 0.6) is 0 Å². The average molecular weight is 318 g/mol. The first kappa shape index (κ1) is 18.2. The molecule has 122 valence electrons. The van der Waals surface area contributed by atoms with Crippen LogP contribution in [0.3, 0.4) is 0 Å². The third-order valence-corrected chi connectivity index (χ3v) is 4.50. The Labute approximate surface area is 133 Å². The summed E-state index contributed by atoms with van der Waals surface area (Å²) in [6.07, 6.45) is 6.92. The van der Waals surface area contributed by atoms with Gasteiger partial charge in [-0.25, -0.2) is 0 Å². The summed E-state index contributed by atoms with van der Waals surface area (Å²) in [5.74, 6) is 0.239. The highest BCUT2D eigenvalue weighted by molar-refractivity contribution is 5.85. The van der Waals surface area contributed by atoms with E-state index in [4.69, 9.17) is 0 Å². The van der Waals surface area contributed by atoms with Crippen molar-refractivity contribution in [3.63, 3.8) is 0 Å². The van der Waals surface area contributed by atoms with Gasteiger partial charge in [0.05, 0.1) is 6.54 Å². The lowest BCUT2D eigenvalue weighted by Crippen LogP contribution is -2.48. The zero-order valence-electron chi connectivity index (χ0n) is 13.0. The second-order valence-corrected chi connectivity index (χ2v) is 5.97. The molecule has 0 aromatic heterocycles. The second kappa shape index (κ2) is 9.26. The van der Waals surface area contributed by atoms with E-state index in [0.717, 1.165) is 51.7 Å². The first-order valence-corrected chi connectivity index (χ1v) is 7.92. The van der Waals surface area contributed by atoms with Gasteiger partial charge in [-0.05, 0) is 38.8 Å². The third kappa shape index (κ3) is 5.47. The standard InChI is InChI=1S/C15H27N3O2.ClH/c1-17(13-7-9-16-10-8-13)15(20)12-18-11-5-3-2-4-6-14(18)19;/h13,16H,2-12H2,1H3;1H. The van der Waals surface area contributed by atoms with Gasteiger partial charge in [0.15, 0.2) is 0 Å². The van der Waals surface area contributed by atoms with Gasteiger partial charge in [-0.1, -0.05) is 12.8 Å². The maximum Gasteiger partial charge on any atom is 0.242 e. The van der Waals surface area contributed by atoms with Crippen LogP contribution in [0.25, 0.3) is 0 Å². The van der Waals surface area contributed by atoms with E-state index in [2.05, 4.69) is 5.32 Å². The Morgan fingerprint density at radius 2 is 1.90 bits per heavy atom. The Morgan fingerprint density at radius 3 is 2.62 bits per heavy atom. The van der Waals surface area contributed by atoms with Crippen LogP contribution in [0.2, 0.25) is 0 Å². The normalized spacial score (nSPS) is 21.2. The van der Waals surface area contributed by atoms with E-state index in [1.54, 1.807) is 4.90 Å². The summed E-state index contributed by atoms with van der Waals surface area (Å²) < 4.78 is 0. The number of hydrogen-bond donors (Lipinski definition) is 1. The molecular weight excluding hydrogens is 290 g/mol. The van der Waals surface area contributed by atoms with Crippen molar-refractivity contribution in [2.75, 3.05) is 33.2 Å². The van der Waals surface area contributed by atoms with E-state index in [0.29, 0.717) is 12.5 Å². The molecule has 0 unspecified atom stereocenters. The SMILES string of the molecule is CN(C(=O)CN1CCCCCCC1=O)C1CCNCC1.Cl. The van der Waals surface area contributed by atoms with Gasteiger partial charge in [-0.2, -0.15) is 0 Å². The maximum atomic E-state index is 12.4. The summed E-state index contributed by atoms with van der Waals surface area (Å²) in [6.45, 7) is 2.96. The quantitative estimate of drug-likeness (QED) is 0.856. The first-order chi connectivity index (χ1) is 9.68. The number of hydrogen-bond acceptors (Lipinski definition) is 3. The van der Waals surface area contributed by atoms with Crippen LogP contribution < -0.4 is 5.32 Å². The van der Waals surface area contributed by atoms with E-state index in [9.17, 15) is 9.59 Å². The number of carbonyl (C=O) groups is 2. The zero-order valence-corrected chi connectivity index (χ0v) is 13.8. The minimum atomic E-state index is 0. The van der Waals surface area contributed by atoms with Crippen LogP contribution in [0.4, 0.5) is 0 Å². The number of amides is 2. The summed E-state index contributed by atoms with van der Waals surface area (Å²) in [6, 6.07) is 0.327. The van der Waals surface area contributed by atoms with Gasteiger partial charge in [0.25, 0.3) is 0 Å². The molecule has 0 saturated carbocycles. The minimum Gasteiger partial charge on any atom is -0.341 e. The molecule has 0 radical (unpaired) electrons. The second-order valence-electron chi connectivity index (χ2n) is 5.97. The number of likely N-dealkylation sites (N-methyl/N-ethyl adjacent to an activating group) is 1. The zero-order chi connectivity index (χ0) is 14.4. The fraction of sp³-hybridized carbons (Fsp3) is 0.867. The predicted octanol–water partition coefficient (Wildman–Crippen LogP) is 1.41. The number of halogens is 1. The number of rotatable bonds is 3. The van der Waals surface area contributed by atoms with Gasteiger partial charge in [0.2, 0.25) is 11.8 Å². The van der Waals surface area contributed by atoms with Crippen LogP contribution in [0, 0.1) is 0 Å². The van der Waals surface area contributed by atoms with Gasteiger partial charge in [-0.15, -0.1) is 12.4 Å². The molecule has 0 bridgehead atoms. The minimum absolute atomic E-state index is 0. The van der Waals surface area contributed by atoms with Crippen LogP contribution >= 0.6 is 12.4 Å². The molecule has 2 fully saturated rings. The molecule has 5 nitrogen and oxygen atoms in total. The lowest BCUT2D eigenvalue weighted by atomic mass is 10.1. The van der Waals surface area contributed by atoms with Gasteiger partial charge in [0, 0.05) is 26.1 Å². The monoisotopic (exact) mass is 317 g/mol. The maximum absolute atomic E-state index is 12.4. The number of nitrogens with one attached hydrogen (secondary N) is 1. The topological polar surface area (TPSA) is 52.7 Å². The molecule has 0 aromatic rings. The molecular formula is C15H28ClN3O2. The molecule has 0 aliphatic carbocycles. The van der Waals surface area contributed by atoms with Crippen LogP contribution in [-0.2, 0) is 9.59 Å². The largest absolute Gasteiger partial charge is 0.341 e. The van der Waals surface area contributed by atoms with E-state index in [1.165, 1.54) is 6.42 Å². The van der Waals surface area contributed by atoms with E-state index >= 15 is 0 Å². The summed E-state index contributed by atoms with van der Waals surface area (Å²) in [4.78, 5) is 28.0. The van der Waals surface area contributed by atoms with E-state index < -0.39 is 0 Å². The number of nitrogens with zero attached hydrogens (tertiary/aromatic N) is 2. The first-order valence-electron chi connectivity index (χ1n) is 7.92. The Balaban J connectivity index is 0.00000220. The van der Waals surface area contributed by atoms with Gasteiger partial charge in [0.1, 0.15) is 0 Å². The van der Waals surface area contributed by atoms with Crippen molar-refractivity contribution in [3.05, 3.63) is 0 Å². The highest BCUT2D eigenvalue weighted by Gasteiger charge is 2.25. The molecule has 2 heterocycles. The fourth-order valence-corrected chi connectivity index (χ4v) is 3.05. The number of carbonyl (C=O) groups excluding carboxylic acids is 2. The number of piperidine rings is 1. The van der Waals surface area contributed by atoms with E-state index in [1.807, 2.05) is 11.9 Å². The molecule has 2 aliphatic heterocycles. The smallest absolute Gasteiger partial charge is 0.242 e. The summed E-state index contributed by atoms with van der Waals surface area (Å²) in [5, 5.41) is 3.31. The predicted molar refractivity (Wildman–Crippen MR) is 85.6 cm³/mol. The van der Waals surface area contributed by atoms with Crippen molar-refractivity contribution in [2.45, 2.75) is 51.0 Å². The van der Waals surface area contributed by atoms with Crippen molar-refractivity contribution in [3.8, 4) is 0 Å². The van der Waals surface area contributed by atoms with Crippen molar-refractivity contribution in [1.29, 1.82) is 0 Å². The molecule has 0 spiro atoms. The van der Waals surface area contributed by atoms with E-state index in [-0.39, 0.29) is 30.8 Å². The Hall–Kier alpha value is -0.810. The van der Waals surface area contributed by atoms with Crippen molar-refractivity contribution < 1.29 is 9.59 Å². The lowest BCUT2D eigenvalue weighted by Gasteiger charge is -2.33. The fourth-order valence-electron chi connectivity index (χ4n) is 3.05. The third-order valence-electron chi connectivity index (χ3n) is 4.50. The van der Waals surface area contributed by atoms with Gasteiger partial charge >= 0.3 is 0 Å². The molecule has 2 aliphatic rings. The Bertz CT molecular complexity index is 346. The molecule has 2 amide bonds. The Morgan fingerprint density at radius 1 is 1.24 bits per heavy atom. The van der Waals surface area contributed by atoms with Crippen molar-refractivity contribution in [2.24, 2.45) is 0 Å². The highest BCUT2D eigenvalue weighted by atomic mass is 35.5. The van der Waals surface area contributed by atoms with Crippen LogP contribution in [0.15, 0.2) is 0 Å². The lowest BCUT2D eigenvalue weighted by molar-refractivity contribution is -0.141. The average Bonchev–Trinajstić information content (AvgIpc) is 2.47.